The summed E-state index contributed by atoms with van der Waals surface area (Å²) in [5.74, 6) is 5.84. The van der Waals surface area contributed by atoms with Crippen LogP contribution < -0.4 is 11.3 Å². The quantitative estimate of drug-likeness (QED) is 0.408. The van der Waals surface area contributed by atoms with Crippen molar-refractivity contribution >= 4 is 5.91 Å². The van der Waals surface area contributed by atoms with Crippen LogP contribution in [0.25, 0.3) is 0 Å². The molecule has 1 saturated carbocycles. The zero-order valence-corrected chi connectivity index (χ0v) is 10.4. The molecule has 1 amide bonds. The van der Waals surface area contributed by atoms with Gasteiger partial charge in [0, 0.05) is 13.0 Å². The van der Waals surface area contributed by atoms with Gasteiger partial charge in [0.1, 0.15) is 0 Å². The number of amides is 1. The third kappa shape index (κ3) is 5.47. The van der Waals surface area contributed by atoms with Crippen LogP contribution in [0.4, 0.5) is 0 Å². The molecular weight excluding hydrogens is 202 g/mol. The Morgan fingerprint density at radius 3 is 2.69 bits per heavy atom. The van der Waals surface area contributed by atoms with Crippen LogP contribution in [0.15, 0.2) is 0 Å². The summed E-state index contributed by atoms with van der Waals surface area (Å²) < 4.78 is 0. The van der Waals surface area contributed by atoms with Crippen molar-refractivity contribution in [3.63, 3.8) is 0 Å². The predicted octanol–water partition coefficient (Wildman–Crippen LogP) is 1.27. The Labute approximate surface area is 98.5 Å². The number of nitrogens with one attached hydrogen (secondary N) is 1. The summed E-state index contributed by atoms with van der Waals surface area (Å²) in [6, 6.07) is 0. The fraction of sp³-hybridized carbons (Fsp3) is 0.917. The second-order valence-electron chi connectivity index (χ2n) is 4.94. The molecule has 1 rings (SSSR count). The van der Waals surface area contributed by atoms with Gasteiger partial charge in [-0.15, -0.1) is 0 Å². The predicted molar refractivity (Wildman–Crippen MR) is 65.6 cm³/mol. The first kappa shape index (κ1) is 13.5. The van der Waals surface area contributed by atoms with E-state index in [1.807, 2.05) is 0 Å². The first-order valence-electron chi connectivity index (χ1n) is 6.40. The van der Waals surface area contributed by atoms with Gasteiger partial charge in [0.2, 0.25) is 5.91 Å². The molecule has 4 heteroatoms. The molecule has 0 aromatic rings. The summed E-state index contributed by atoms with van der Waals surface area (Å²) in [5.41, 5.74) is 2.16. The van der Waals surface area contributed by atoms with Crippen molar-refractivity contribution in [2.24, 2.45) is 11.8 Å². The van der Waals surface area contributed by atoms with Gasteiger partial charge in [-0.1, -0.05) is 19.3 Å². The number of hydrazine groups is 1. The molecule has 0 aromatic carbocycles. The van der Waals surface area contributed by atoms with Gasteiger partial charge in [-0.3, -0.25) is 10.2 Å². The molecule has 0 atom stereocenters. The van der Waals surface area contributed by atoms with E-state index in [1.54, 1.807) is 0 Å². The fourth-order valence-electron chi connectivity index (χ4n) is 2.48. The minimum atomic E-state index is -0.0638. The van der Waals surface area contributed by atoms with E-state index in [2.05, 4.69) is 17.4 Å². The molecule has 0 aromatic heterocycles. The number of nitrogens with two attached hydrogens (primary N) is 1. The first-order chi connectivity index (χ1) is 7.72. The van der Waals surface area contributed by atoms with Crippen molar-refractivity contribution in [2.45, 2.75) is 44.9 Å². The monoisotopic (exact) mass is 227 g/mol. The molecule has 0 bridgehead atoms. The minimum absolute atomic E-state index is 0.0638. The van der Waals surface area contributed by atoms with Crippen molar-refractivity contribution < 1.29 is 4.79 Å². The van der Waals surface area contributed by atoms with Gasteiger partial charge in [0.25, 0.3) is 0 Å². The third-order valence-electron chi connectivity index (χ3n) is 3.40. The van der Waals surface area contributed by atoms with Crippen LogP contribution in [0.1, 0.15) is 44.9 Å². The SMILES string of the molecule is CN(CCCC(=O)NN)CC1CCCCC1. The number of hydrogen-bond donors (Lipinski definition) is 2. The van der Waals surface area contributed by atoms with Crippen molar-refractivity contribution in [1.82, 2.24) is 10.3 Å². The molecule has 1 aliphatic rings. The molecule has 0 saturated heterocycles. The van der Waals surface area contributed by atoms with Gasteiger partial charge >= 0.3 is 0 Å². The number of carbonyl (C=O) groups is 1. The second kappa shape index (κ2) is 7.63. The van der Waals surface area contributed by atoms with Gasteiger partial charge in [-0.25, -0.2) is 5.84 Å². The maximum atomic E-state index is 10.9. The number of carbonyl (C=O) groups excluding carboxylic acids is 1. The molecule has 0 heterocycles. The Hall–Kier alpha value is -0.610. The molecular formula is C12H25N3O. The molecule has 1 fully saturated rings. The summed E-state index contributed by atoms with van der Waals surface area (Å²) in [4.78, 5) is 13.3. The van der Waals surface area contributed by atoms with E-state index in [4.69, 9.17) is 5.84 Å². The molecule has 0 radical (unpaired) electrons. The summed E-state index contributed by atoms with van der Waals surface area (Å²) >= 11 is 0. The Kier molecular flexibility index (Phi) is 6.42. The van der Waals surface area contributed by atoms with Crippen LogP contribution in [0.2, 0.25) is 0 Å². The molecule has 16 heavy (non-hydrogen) atoms. The van der Waals surface area contributed by atoms with Crippen LogP contribution in [-0.4, -0.2) is 30.9 Å². The van der Waals surface area contributed by atoms with E-state index < -0.39 is 0 Å². The van der Waals surface area contributed by atoms with E-state index in [1.165, 1.54) is 38.6 Å². The van der Waals surface area contributed by atoms with Crippen molar-refractivity contribution in [2.75, 3.05) is 20.1 Å². The molecule has 94 valence electrons. The van der Waals surface area contributed by atoms with Crippen molar-refractivity contribution in [3.8, 4) is 0 Å². The Morgan fingerprint density at radius 1 is 1.38 bits per heavy atom. The highest BCUT2D eigenvalue weighted by atomic mass is 16.2. The van der Waals surface area contributed by atoms with Gasteiger partial charge in [-0.05, 0) is 38.8 Å². The van der Waals surface area contributed by atoms with Crippen LogP contribution in [0.3, 0.4) is 0 Å². The van der Waals surface area contributed by atoms with E-state index >= 15 is 0 Å². The number of nitrogens with zero attached hydrogens (tertiary/aromatic N) is 1. The highest BCUT2D eigenvalue weighted by Gasteiger charge is 2.15. The van der Waals surface area contributed by atoms with E-state index in [0.717, 1.165) is 18.9 Å². The van der Waals surface area contributed by atoms with Gasteiger partial charge in [0.15, 0.2) is 0 Å². The Bertz CT molecular complexity index is 202. The average molecular weight is 227 g/mol. The number of hydrogen-bond acceptors (Lipinski definition) is 3. The smallest absolute Gasteiger partial charge is 0.233 e. The van der Waals surface area contributed by atoms with Crippen molar-refractivity contribution in [3.05, 3.63) is 0 Å². The van der Waals surface area contributed by atoms with Crippen LogP contribution >= 0.6 is 0 Å². The zero-order chi connectivity index (χ0) is 11.8. The lowest BCUT2D eigenvalue weighted by atomic mass is 9.89. The highest BCUT2D eigenvalue weighted by molar-refractivity contribution is 5.75. The van der Waals surface area contributed by atoms with E-state index in [9.17, 15) is 4.79 Å². The van der Waals surface area contributed by atoms with Gasteiger partial charge in [0.05, 0.1) is 0 Å². The minimum Gasteiger partial charge on any atom is -0.306 e. The Balaban J connectivity index is 2.05. The first-order valence-corrected chi connectivity index (χ1v) is 6.40. The lowest BCUT2D eigenvalue weighted by molar-refractivity contribution is -0.121. The summed E-state index contributed by atoms with van der Waals surface area (Å²) in [6.07, 6.45) is 8.40. The molecule has 1 aliphatic carbocycles. The molecule has 0 aliphatic heterocycles. The van der Waals surface area contributed by atoms with Crippen LogP contribution in [0, 0.1) is 5.92 Å². The topological polar surface area (TPSA) is 58.4 Å². The lowest BCUT2D eigenvalue weighted by Gasteiger charge is -2.26. The molecule has 3 N–H and O–H groups in total. The largest absolute Gasteiger partial charge is 0.306 e. The second-order valence-corrected chi connectivity index (χ2v) is 4.94. The zero-order valence-electron chi connectivity index (χ0n) is 10.4. The van der Waals surface area contributed by atoms with Crippen LogP contribution in [-0.2, 0) is 4.79 Å². The maximum Gasteiger partial charge on any atom is 0.233 e. The Morgan fingerprint density at radius 2 is 2.06 bits per heavy atom. The lowest BCUT2D eigenvalue weighted by Crippen LogP contribution is -2.32. The van der Waals surface area contributed by atoms with Gasteiger partial charge < -0.3 is 4.90 Å². The fourth-order valence-corrected chi connectivity index (χ4v) is 2.48. The molecule has 0 unspecified atom stereocenters. The molecule has 0 spiro atoms. The van der Waals surface area contributed by atoms with E-state index in [0.29, 0.717) is 6.42 Å². The maximum absolute atomic E-state index is 10.9. The van der Waals surface area contributed by atoms with Crippen LogP contribution in [0.5, 0.6) is 0 Å². The van der Waals surface area contributed by atoms with Crippen molar-refractivity contribution in [1.29, 1.82) is 0 Å². The summed E-state index contributed by atoms with van der Waals surface area (Å²) in [5, 5.41) is 0. The highest BCUT2D eigenvalue weighted by Crippen LogP contribution is 2.24. The van der Waals surface area contributed by atoms with Gasteiger partial charge in [-0.2, -0.15) is 0 Å². The standard InChI is InChI=1S/C12H25N3O/c1-15(9-5-8-12(16)14-13)10-11-6-3-2-4-7-11/h11H,2-10,13H2,1H3,(H,14,16). The third-order valence-corrected chi connectivity index (χ3v) is 3.40. The average Bonchev–Trinajstić information content (AvgIpc) is 2.30. The normalized spacial score (nSPS) is 17.7. The summed E-state index contributed by atoms with van der Waals surface area (Å²) in [7, 11) is 2.15. The van der Waals surface area contributed by atoms with E-state index in [-0.39, 0.29) is 5.91 Å². The molecule has 4 nitrogen and oxygen atoms in total. The number of rotatable bonds is 6. The summed E-state index contributed by atoms with van der Waals surface area (Å²) in [6.45, 7) is 2.17.